The van der Waals surface area contributed by atoms with Crippen molar-refractivity contribution in [2.45, 2.75) is 63.7 Å². The minimum absolute atomic E-state index is 0.0384. The zero-order chi connectivity index (χ0) is 44.6. The Bertz CT molecular complexity index is 1890. The first kappa shape index (κ1) is 48.3. The minimum atomic E-state index is -5.91. The lowest BCUT2D eigenvalue weighted by atomic mass is 10.0. The number of esters is 4. The number of carbonyl (C=O) groups is 4. The molecule has 0 saturated carbocycles. The van der Waals surface area contributed by atoms with Gasteiger partial charge in [-0.1, -0.05) is 13.2 Å². The first-order chi connectivity index (χ1) is 28.2. The molecule has 0 radical (unpaired) electrons. The molecule has 0 fully saturated rings. The van der Waals surface area contributed by atoms with Crippen molar-refractivity contribution in [3.63, 3.8) is 0 Å². The van der Waals surface area contributed by atoms with E-state index in [1.165, 1.54) is 0 Å². The van der Waals surface area contributed by atoms with Crippen molar-refractivity contribution in [1.82, 2.24) is 0 Å². The molecule has 0 aromatic heterocycles. The molecule has 326 valence electrons. The molecule has 0 unspecified atom stereocenters. The van der Waals surface area contributed by atoms with Gasteiger partial charge in [-0.25, -0.2) is 28.0 Å². The van der Waals surface area contributed by atoms with Crippen LogP contribution in [0.1, 0.15) is 83.2 Å². The van der Waals surface area contributed by atoms with Crippen LogP contribution >= 0.6 is 0 Å². The molecule has 3 aromatic rings. The second-order valence-electron chi connectivity index (χ2n) is 12.5. The van der Waals surface area contributed by atoms with Gasteiger partial charge in [-0.05, 0) is 87.8 Å². The maximum atomic E-state index is 14.9. The third kappa shape index (κ3) is 14.9. The molecular formula is C40H36F10O10. The average molecular weight is 867 g/mol. The molecule has 0 atom stereocenters. The second-order valence-corrected chi connectivity index (χ2v) is 12.5. The summed E-state index contributed by atoms with van der Waals surface area (Å²) in [5, 5.41) is 0. The standard InChI is InChI=1S/C40H36F10O10/c1-23(41)35(51)57-19-9-5-3-7-17-55-25-11-13-27(29(43)21-25)37(53)59-31-15-16-32(34(40(48,49)50)33(31)39(45,46)47)60-38(54)28-14-12-26(22-30(28)44)56-18-8-4-6-10-20-58-36(52)24(2)42/h11-16,21-22H,1-10,17-20H2. The van der Waals surface area contributed by atoms with Gasteiger partial charge in [0.1, 0.15) is 45.8 Å². The summed E-state index contributed by atoms with van der Waals surface area (Å²) in [6, 6.07) is 5.47. The Morgan fingerprint density at radius 3 is 1.13 bits per heavy atom. The maximum absolute atomic E-state index is 14.9. The Labute approximate surface area is 335 Å². The summed E-state index contributed by atoms with van der Waals surface area (Å²) in [4.78, 5) is 47.5. The van der Waals surface area contributed by atoms with Gasteiger partial charge in [-0.3, -0.25) is 0 Å². The third-order valence-electron chi connectivity index (χ3n) is 7.95. The van der Waals surface area contributed by atoms with Crippen molar-refractivity contribution in [2.24, 2.45) is 0 Å². The summed E-state index contributed by atoms with van der Waals surface area (Å²) in [6.07, 6.45) is -7.95. The first-order valence-electron chi connectivity index (χ1n) is 17.8. The van der Waals surface area contributed by atoms with Crippen molar-refractivity contribution in [2.75, 3.05) is 26.4 Å². The molecule has 0 spiro atoms. The number of hydrogen-bond acceptors (Lipinski definition) is 10. The molecule has 10 nitrogen and oxygen atoms in total. The van der Waals surface area contributed by atoms with Crippen LogP contribution in [0.3, 0.4) is 0 Å². The van der Waals surface area contributed by atoms with E-state index in [9.17, 15) is 63.1 Å². The topological polar surface area (TPSA) is 124 Å². The summed E-state index contributed by atoms with van der Waals surface area (Å²) in [7, 11) is 0. The number of ether oxygens (including phenoxy) is 6. The van der Waals surface area contributed by atoms with Gasteiger partial charge in [0, 0.05) is 12.1 Å². The molecule has 0 aliphatic carbocycles. The lowest BCUT2D eigenvalue weighted by molar-refractivity contribution is -0.163. The van der Waals surface area contributed by atoms with Gasteiger partial charge in [0.05, 0.1) is 37.6 Å². The van der Waals surface area contributed by atoms with E-state index in [0.717, 1.165) is 24.3 Å². The Morgan fingerprint density at radius 1 is 0.500 bits per heavy atom. The van der Waals surface area contributed by atoms with Gasteiger partial charge in [0.15, 0.2) is 0 Å². The average Bonchev–Trinajstić information content (AvgIpc) is 3.16. The van der Waals surface area contributed by atoms with Gasteiger partial charge in [-0.2, -0.15) is 35.1 Å². The maximum Gasteiger partial charge on any atom is 0.420 e. The lowest BCUT2D eigenvalue weighted by Gasteiger charge is -2.21. The van der Waals surface area contributed by atoms with Crippen LogP contribution in [0.25, 0.3) is 0 Å². The smallest absolute Gasteiger partial charge is 0.420 e. The van der Waals surface area contributed by atoms with Crippen molar-refractivity contribution >= 4 is 23.9 Å². The molecule has 60 heavy (non-hydrogen) atoms. The van der Waals surface area contributed by atoms with E-state index in [1.54, 1.807) is 0 Å². The molecule has 3 rings (SSSR count). The molecule has 0 bridgehead atoms. The van der Waals surface area contributed by atoms with Crippen LogP contribution in [-0.4, -0.2) is 50.3 Å². The van der Waals surface area contributed by atoms with E-state index in [2.05, 4.69) is 32.1 Å². The fourth-order valence-corrected chi connectivity index (χ4v) is 5.09. The quantitative estimate of drug-likeness (QED) is 0.0317. The molecule has 0 N–H and O–H groups in total. The fraction of sp³-hybridized carbons (Fsp3) is 0.350. The molecule has 0 saturated heterocycles. The Hall–Kier alpha value is -6.08. The van der Waals surface area contributed by atoms with Crippen LogP contribution in [-0.2, 0) is 31.4 Å². The van der Waals surface area contributed by atoms with Crippen molar-refractivity contribution < 1.29 is 91.5 Å². The number of hydrogen-bond donors (Lipinski definition) is 0. The number of halogens is 10. The minimum Gasteiger partial charge on any atom is -0.493 e. The van der Waals surface area contributed by atoms with Crippen molar-refractivity contribution in [3.05, 3.63) is 107 Å². The van der Waals surface area contributed by atoms with Gasteiger partial charge >= 0.3 is 36.2 Å². The fourth-order valence-electron chi connectivity index (χ4n) is 5.09. The van der Waals surface area contributed by atoms with Crippen LogP contribution in [0.2, 0.25) is 0 Å². The Kier molecular flexibility index (Phi) is 18.0. The lowest BCUT2D eigenvalue weighted by Crippen LogP contribution is -2.23. The van der Waals surface area contributed by atoms with E-state index in [4.69, 9.17) is 9.47 Å². The summed E-state index contributed by atoms with van der Waals surface area (Å²) >= 11 is 0. The van der Waals surface area contributed by atoms with Crippen LogP contribution in [0.5, 0.6) is 23.0 Å². The highest BCUT2D eigenvalue weighted by atomic mass is 19.4. The number of rotatable bonds is 22. The Balaban J connectivity index is 1.65. The van der Waals surface area contributed by atoms with Gasteiger partial charge in [0.2, 0.25) is 11.7 Å². The summed E-state index contributed by atoms with van der Waals surface area (Å²) < 4.78 is 170. The van der Waals surface area contributed by atoms with E-state index in [1.807, 2.05) is 0 Å². The van der Waals surface area contributed by atoms with Crippen LogP contribution in [0.4, 0.5) is 43.9 Å². The molecular weight excluding hydrogens is 830 g/mol. The summed E-state index contributed by atoms with van der Waals surface area (Å²) in [5.41, 5.74) is -7.15. The Morgan fingerprint density at radius 2 is 0.833 bits per heavy atom. The summed E-state index contributed by atoms with van der Waals surface area (Å²) in [5.74, 6) is -14.8. The molecule has 0 aliphatic heterocycles. The van der Waals surface area contributed by atoms with Crippen molar-refractivity contribution in [3.8, 4) is 23.0 Å². The zero-order valence-electron chi connectivity index (χ0n) is 31.4. The third-order valence-corrected chi connectivity index (χ3v) is 7.95. The van der Waals surface area contributed by atoms with Crippen LogP contribution in [0, 0.1) is 11.6 Å². The highest BCUT2D eigenvalue weighted by Gasteiger charge is 2.49. The second kappa shape index (κ2) is 22.3. The van der Waals surface area contributed by atoms with Crippen LogP contribution in [0.15, 0.2) is 73.3 Å². The van der Waals surface area contributed by atoms with Gasteiger partial charge in [0.25, 0.3) is 0 Å². The number of carbonyl (C=O) groups excluding carboxylic acids is 4. The molecule has 3 aromatic carbocycles. The predicted octanol–water partition coefficient (Wildman–Crippen LogP) is 10.4. The predicted molar refractivity (Wildman–Crippen MR) is 190 cm³/mol. The summed E-state index contributed by atoms with van der Waals surface area (Å²) in [6.45, 7) is 5.59. The first-order valence-corrected chi connectivity index (χ1v) is 17.8. The van der Waals surface area contributed by atoms with Crippen LogP contribution < -0.4 is 18.9 Å². The largest absolute Gasteiger partial charge is 0.493 e. The molecule has 20 heteroatoms. The highest BCUT2D eigenvalue weighted by Crippen LogP contribution is 2.49. The van der Waals surface area contributed by atoms with Gasteiger partial charge in [-0.15, -0.1) is 0 Å². The van der Waals surface area contributed by atoms with E-state index in [0.29, 0.717) is 63.5 Å². The van der Waals surface area contributed by atoms with E-state index >= 15 is 0 Å². The molecule has 0 amide bonds. The van der Waals surface area contributed by atoms with Gasteiger partial charge < -0.3 is 28.4 Å². The normalized spacial score (nSPS) is 11.4. The number of alkyl halides is 6. The van der Waals surface area contributed by atoms with E-state index < -0.39 is 93.3 Å². The number of benzene rings is 3. The monoisotopic (exact) mass is 866 g/mol. The molecule has 0 heterocycles. The zero-order valence-corrected chi connectivity index (χ0v) is 31.4. The van der Waals surface area contributed by atoms with E-state index in [-0.39, 0.29) is 50.1 Å². The SMILES string of the molecule is C=C(F)C(=O)OCCCCCCOc1ccc(C(=O)Oc2ccc(OC(=O)c3ccc(OCCCCCCOC(=O)C(=C)F)cc3F)c(C(F)(F)F)c2C(F)(F)F)c(F)c1. The van der Waals surface area contributed by atoms with Crippen molar-refractivity contribution in [1.29, 1.82) is 0 Å². The number of unbranched alkanes of at least 4 members (excludes halogenated alkanes) is 6. The molecule has 0 aliphatic rings. The highest BCUT2D eigenvalue weighted by molar-refractivity contribution is 5.93.